The molecule has 0 rings (SSSR count). The molecule has 2 unspecified atom stereocenters. The lowest BCUT2D eigenvalue weighted by Gasteiger charge is -2.17. The van der Waals surface area contributed by atoms with Gasteiger partial charge in [0.25, 0.3) is 0 Å². The first kappa shape index (κ1) is 28.9. The Morgan fingerprint density at radius 1 is 0.448 bits per heavy atom. The van der Waals surface area contributed by atoms with E-state index in [4.69, 9.17) is 4.74 Å². The lowest BCUT2D eigenvalue weighted by atomic mass is 9.99. The number of ether oxygens (including phenoxy) is 1. The number of aliphatic hydroxyl groups is 2. The summed E-state index contributed by atoms with van der Waals surface area (Å²) in [4.78, 5) is 0. The fourth-order valence-corrected chi connectivity index (χ4v) is 3.87. The topological polar surface area (TPSA) is 49.7 Å². The van der Waals surface area contributed by atoms with Gasteiger partial charge in [0.2, 0.25) is 0 Å². The zero-order chi connectivity index (χ0) is 21.4. The van der Waals surface area contributed by atoms with Crippen molar-refractivity contribution in [3.8, 4) is 0 Å². The molecule has 0 aliphatic rings. The number of hydrogen-bond acceptors (Lipinski definition) is 3. The molecular weight excluding hydrogens is 360 g/mol. The van der Waals surface area contributed by atoms with Gasteiger partial charge in [-0.1, -0.05) is 117 Å². The Kier molecular flexibility index (Phi) is 24.1. The van der Waals surface area contributed by atoms with Crippen molar-refractivity contribution in [2.75, 3.05) is 13.2 Å². The van der Waals surface area contributed by atoms with Crippen molar-refractivity contribution in [3.63, 3.8) is 0 Å². The zero-order valence-electron chi connectivity index (χ0n) is 20.0. The maximum absolute atomic E-state index is 10.1. The summed E-state index contributed by atoms with van der Waals surface area (Å²) in [6, 6.07) is 0. The molecule has 3 heteroatoms. The van der Waals surface area contributed by atoms with Crippen LogP contribution in [0.15, 0.2) is 0 Å². The van der Waals surface area contributed by atoms with Gasteiger partial charge in [0.05, 0.1) is 12.2 Å². The predicted octanol–water partition coefficient (Wildman–Crippen LogP) is 7.57. The van der Waals surface area contributed by atoms with Crippen molar-refractivity contribution >= 4 is 0 Å². The third-order valence-corrected chi connectivity index (χ3v) is 5.98. The summed E-state index contributed by atoms with van der Waals surface area (Å²) in [6.45, 7) is 6.34. The molecule has 0 spiro atoms. The van der Waals surface area contributed by atoms with Gasteiger partial charge in [-0.15, -0.1) is 0 Å². The van der Waals surface area contributed by atoms with Gasteiger partial charge >= 0.3 is 0 Å². The summed E-state index contributed by atoms with van der Waals surface area (Å²) in [5.41, 5.74) is 0. The van der Waals surface area contributed by atoms with Crippen molar-refractivity contribution in [1.82, 2.24) is 0 Å². The second-order valence-electron chi connectivity index (χ2n) is 8.98. The van der Waals surface area contributed by atoms with Crippen molar-refractivity contribution in [3.05, 3.63) is 0 Å². The van der Waals surface area contributed by atoms with Crippen molar-refractivity contribution in [2.45, 2.75) is 154 Å². The van der Waals surface area contributed by atoms with Crippen molar-refractivity contribution in [2.24, 2.45) is 0 Å². The molecule has 0 bridgehead atoms. The van der Waals surface area contributed by atoms with Crippen LogP contribution in [0.2, 0.25) is 0 Å². The van der Waals surface area contributed by atoms with Gasteiger partial charge in [-0.3, -0.25) is 0 Å². The molecule has 29 heavy (non-hydrogen) atoms. The lowest BCUT2D eigenvalue weighted by Crippen LogP contribution is -2.25. The van der Waals surface area contributed by atoms with E-state index in [2.05, 4.69) is 13.8 Å². The highest BCUT2D eigenvalue weighted by Gasteiger charge is 2.15. The maximum Gasteiger partial charge on any atom is 0.0799 e. The molecule has 0 radical (unpaired) electrons. The zero-order valence-corrected chi connectivity index (χ0v) is 20.0. The van der Waals surface area contributed by atoms with E-state index in [1.54, 1.807) is 0 Å². The Bertz CT molecular complexity index is 296. The smallest absolute Gasteiger partial charge is 0.0799 e. The van der Waals surface area contributed by atoms with E-state index in [1.807, 2.05) is 0 Å². The Morgan fingerprint density at radius 3 is 1.14 bits per heavy atom. The number of aliphatic hydroxyl groups excluding tert-OH is 2. The number of hydrogen-bond donors (Lipinski definition) is 2. The maximum atomic E-state index is 10.1. The van der Waals surface area contributed by atoms with Crippen LogP contribution in [-0.2, 0) is 4.74 Å². The number of unbranched alkanes of at least 4 members (excludes halogenated alkanes) is 15. The van der Waals surface area contributed by atoms with Crippen LogP contribution >= 0.6 is 0 Å². The second kappa shape index (κ2) is 24.2. The van der Waals surface area contributed by atoms with Crippen molar-refractivity contribution < 1.29 is 14.9 Å². The highest BCUT2D eigenvalue weighted by molar-refractivity contribution is 4.67. The molecule has 2 atom stereocenters. The highest BCUT2D eigenvalue weighted by atomic mass is 16.5. The van der Waals surface area contributed by atoms with Gasteiger partial charge in [0, 0.05) is 13.2 Å². The molecule has 0 aromatic heterocycles. The summed E-state index contributed by atoms with van der Waals surface area (Å²) in [5.74, 6) is 0. The van der Waals surface area contributed by atoms with E-state index < -0.39 is 12.2 Å². The van der Waals surface area contributed by atoms with Crippen LogP contribution in [0.4, 0.5) is 0 Å². The summed E-state index contributed by atoms with van der Waals surface area (Å²) in [7, 11) is 0. The molecule has 0 saturated carbocycles. The third kappa shape index (κ3) is 22.4. The van der Waals surface area contributed by atoms with Gasteiger partial charge in [-0.2, -0.15) is 0 Å². The molecule has 3 nitrogen and oxygen atoms in total. The predicted molar refractivity (Wildman–Crippen MR) is 127 cm³/mol. The molecule has 0 aliphatic carbocycles. The van der Waals surface area contributed by atoms with Crippen LogP contribution in [0.1, 0.15) is 142 Å². The highest BCUT2D eigenvalue weighted by Crippen LogP contribution is 2.15. The molecule has 2 N–H and O–H groups in total. The van der Waals surface area contributed by atoms with E-state index in [1.165, 1.54) is 103 Å². The van der Waals surface area contributed by atoms with Gasteiger partial charge in [0.1, 0.15) is 0 Å². The van der Waals surface area contributed by atoms with Crippen LogP contribution in [0.3, 0.4) is 0 Å². The lowest BCUT2D eigenvalue weighted by molar-refractivity contribution is 0.00711. The molecule has 0 heterocycles. The molecule has 0 saturated heterocycles. The van der Waals surface area contributed by atoms with E-state index in [0.29, 0.717) is 0 Å². The average Bonchev–Trinajstić information content (AvgIpc) is 2.73. The summed E-state index contributed by atoms with van der Waals surface area (Å²) >= 11 is 0. The summed E-state index contributed by atoms with van der Waals surface area (Å²) < 4.78 is 5.72. The first-order valence-corrected chi connectivity index (χ1v) is 13.2. The Balaban J connectivity index is 3.24. The Labute approximate surface area is 183 Å². The molecule has 0 aromatic rings. The van der Waals surface area contributed by atoms with Crippen LogP contribution in [0, 0.1) is 0 Å². The Morgan fingerprint density at radius 2 is 0.759 bits per heavy atom. The SMILES string of the molecule is CCCCCCCCOCCCCCCCCC(O)C(O)CCCCCCCC. The fourth-order valence-electron chi connectivity index (χ4n) is 3.87. The number of rotatable bonds is 24. The van der Waals surface area contributed by atoms with E-state index in [-0.39, 0.29) is 0 Å². The molecule has 0 fully saturated rings. The van der Waals surface area contributed by atoms with E-state index >= 15 is 0 Å². The minimum atomic E-state index is -0.527. The molecular formula is C26H54O3. The standard InChI is InChI=1S/C26H54O3/c1-3-5-7-9-13-17-21-25(27)26(28)22-18-14-11-12-16-20-24-29-23-19-15-10-8-6-4-2/h25-28H,3-24H2,1-2H3. The van der Waals surface area contributed by atoms with Crippen molar-refractivity contribution in [1.29, 1.82) is 0 Å². The van der Waals surface area contributed by atoms with Gasteiger partial charge in [-0.25, -0.2) is 0 Å². The third-order valence-electron chi connectivity index (χ3n) is 5.98. The monoisotopic (exact) mass is 414 g/mol. The molecule has 0 amide bonds. The van der Waals surface area contributed by atoms with Crippen LogP contribution in [-0.4, -0.2) is 35.6 Å². The minimum absolute atomic E-state index is 0.523. The van der Waals surface area contributed by atoms with E-state index in [0.717, 1.165) is 38.9 Å². The van der Waals surface area contributed by atoms with Gasteiger partial charge in [0.15, 0.2) is 0 Å². The first-order valence-electron chi connectivity index (χ1n) is 13.2. The normalized spacial score (nSPS) is 13.7. The largest absolute Gasteiger partial charge is 0.390 e. The van der Waals surface area contributed by atoms with Crippen LogP contribution in [0.25, 0.3) is 0 Å². The van der Waals surface area contributed by atoms with E-state index in [9.17, 15) is 10.2 Å². The molecule has 0 aromatic carbocycles. The van der Waals surface area contributed by atoms with Crippen LogP contribution in [0.5, 0.6) is 0 Å². The quantitative estimate of drug-likeness (QED) is 0.160. The average molecular weight is 415 g/mol. The second-order valence-corrected chi connectivity index (χ2v) is 8.98. The van der Waals surface area contributed by atoms with Gasteiger partial charge < -0.3 is 14.9 Å². The minimum Gasteiger partial charge on any atom is -0.390 e. The molecule has 0 aliphatic heterocycles. The summed E-state index contributed by atoms with van der Waals surface area (Å²) in [5, 5.41) is 20.2. The van der Waals surface area contributed by atoms with Crippen LogP contribution < -0.4 is 0 Å². The molecule has 176 valence electrons. The first-order chi connectivity index (χ1) is 14.2. The fraction of sp³-hybridized carbons (Fsp3) is 1.00. The summed E-state index contributed by atoms with van der Waals surface area (Å²) in [6.07, 6.45) is 22.9. The van der Waals surface area contributed by atoms with Gasteiger partial charge in [-0.05, 0) is 25.7 Å². The Hall–Kier alpha value is -0.120.